The molecule has 1 aromatic heterocycles. The fraction of sp³-hybridized carbons (Fsp3) is 0.167. The summed E-state index contributed by atoms with van der Waals surface area (Å²) in [6.07, 6.45) is 2.96. The Balaban J connectivity index is 1.39. The van der Waals surface area contributed by atoms with Gasteiger partial charge in [-0.3, -0.25) is 0 Å². The van der Waals surface area contributed by atoms with Crippen molar-refractivity contribution in [1.82, 2.24) is 10.3 Å². The van der Waals surface area contributed by atoms with Gasteiger partial charge in [-0.05, 0) is 39.6 Å². The highest BCUT2D eigenvalue weighted by Crippen LogP contribution is 2.20. The Morgan fingerprint density at radius 1 is 0.815 bits per heavy atom. The van der Waals surface area contributed by atoms with Crippen molar-refractivity contribution in [3.8, 4) is 11.1 Å². The number of hydrogen-bond acceptors (Lipinski definition) is 2. The van der Waals surface area contributed by atoms with E-state index in [1.165, 1.54) is 33.2 Å². The summed E-state index contributed by atoms with van der Waals surface area (Å²) >= 11 is 0. The minimum Gasteiger partial charge on any atom is -0.364 e. The molecule has 0 saturated heterocycles. The lowest BCUT2D eigenvalue weighted by atomic mass is 10.1. The Labute approximate surface area is 160 Å². The summed E-state index contributed by atoms with van der Waals surface area (Å²) in [5.74, 6) is 0. The molecule has 4 N–H and O–H groups in total. The van der Waals surface area contributed by atoms with Crippen LogP contribution in [0.1, 0.15) is 11.3 Å². The Hall–Kier alpha value is -2.88. The van der Waals surface area contributed by atoms with Crippen molar-refractivity contribution in [3.05, 3.63) is 96.3 Å². The highest BCUT2D eigenvalue weighted by atomic mass is 14.9. The van der Waals surface area contributed by atoms with Crippen molar-refractivity contribution in [2.75, 3.05) is 6.54 Å². The van der Waals surface area contributed by atoms with E-state index in [4.69, 9.17) is 5.73 Å². The van der Waals surface area contributed by atoms with E-state index in [2.05, 4.69) is 89.3 Å². The van der Waals surface area contributed by atoms with Gasteiger partial charge in [-0.1, -0.05) is 66.7 Å². The fourth-order valence-corrected chi connectivity index (χ4v) is 3.47. The molecule has 0 spiro atoms. The Bertz CT molecular complexity index is 1000. The van der Waals surface area contributed by atoms with Crippen molar-refractivity contribution in [2.45, 2.75) is 19.0 Å². The van der Waals surface area contributed by atoms with Crippen LogP contribution in [0.2, 0.25) is 0 Å². The molecule has 136 valence electrons. The zero-order valence-electron chi connectivity index (χ0n) is 15.4. The summed E-state index contributed by atoms with van der Waals surface area (Å²) in [4.78, 5) is 3.40. The van der Waals surface area contributed by atoms with E-state index in [0.29, 0.717) is 6.54 Å². The second-order valence-electron chi connectivity index (χ2n) is 6.98. The van der Waals surface area contributed by atoms with Crippen LogP contribution in [0.5, 0.6) is 0 Å². The molecule has 0 amide bonds. The predicted molar refractivity (Wildman–Crippen MR) is 114 cm³/mol. The van der Waals surface area contributed by atoms with Crippen LogP contribution < -0.4 is 11.1 Å². The molecule has 1 unspecified atom stereocenters. The van der Waals surface area contributed by atoms with E-state index in [1.807, 2.05) is 6.07 Å². The number of H-pyrrole nitrogens is 1. The van der Waals surface area contributed by atoms with Gasteiger partial charge in [-0.25, -0.2) is 0 Å². The molecule has 3 aromatic carbocycles. The Morgan fingerprint density at radius 3 is 2.41 bits per heavy atom. The average Bonchev–Trinajstić information content (AvgIpc) is 3.20. The highest BCUT2D eigenvalue weighted by molar-refractivity contribution is 5.82. The standard InChI is InChI=1S/C24H25N3/c25-15-24(14-23-13-22(17-27-23)19-6-2-1-3-7-19)26-16-18-10-11-20-8-4-5-9-21(20)12-18/h1-13,17,24,26-27H,14-16,25H2. The lowest BCUT2D eigenvalue weighted by Crippen LogP contribution is -2.37. The van der Waals surface area contributed by atoms with Crippen LogP contribution in [0.3, 0.4) is 0 Å². The van der Waals surface area contributed by atoms with Crippen LogP contribution in [-0.4, -0.2) is 17.6 Å². The number of hydrogen-bond donors (Lipinski definition) is 3. The summed E-state index contributed by atoms with van der Waals surface area (Å²) < 4.78 is 0. The van der Waals surface area contributed by atoms with Crippen LogP contribution in [0, 0.1) is 0 Å². The molecule has 1 heterocycles. The monoisotopic (exact) mass is 355 g/mol. The lowest BCUT2D eigenvalue weighted by Gasteiger charge is -2.16. The molecule has 0 fully saturated rings. The SMILES string of the molecule is NCC(Cc1cc(-c2ccccc2)c[nH]1)NCc1ccc2ccccc2c1. The minimum absolute atomic E-state index is 0.235. The minimum atomic E-state index is 0.235. The molecule has 3 heteroatoms. The van der Waals surface area contributed by atoms with E-state index >= 15 is 0 Å². The van der Waals surface area contributed by atoms with Gasteiger partial charge in [0, 0.05) is 37.4 Å². The van der Waals surface area contributed by atoms with Crippen molar-refractivity contribution < 1.29 is 0 Å². The first-order chi connectivity index (χ1) is 13.3. The van der Waals surface area contributed by atoms with Crippen molar-refractivity contribution in [1.29, 1.82) is 0 Å². The molecular formula is C24H25N3. The summed E-state index contributed by atoms with van der Waals surface area (Å²) in [7, 11) is 0. The fourth-order valence-electron chi connectivity index (χ4n) is 3.47. The number of nitrogens with two attached hydrogens (primary N) is 1. The van der Waals surface area contributed by atoms with E-state index < -0.39 is 0 Å². The first-order valence-electron chi connectivity index (χ1n) is 9.45. The molecule has 4 aromatic rings. The molecule has 1 atom stereocenters. The molecule has 0 radical (unpaired) electrons. The van der Waals surface area contributed by atoms with Gasteiger partial charge in [-0.2, -0.15) is 0 Å². The summed E-state index contributed by atoms with van der Waals surface area (Å²) in [6, 6.07) is 28.0. The van der Waals surface area contributed by atoms with Gasteiger partial charge in [0.15, 0.2) is 0 Å². The van der Waals surface area contributed by atoms with Crippen LogP contribution in [0.4, 0.5) is 0 Å². The van der Waals surface area contributed by atoms with Crippen molar-refractivity contribution in [2.24, 2.45) is 5.73 Å². The van der Waals surface area contributed by atoms with E-state index in [-0.39, 0.29) is 6.04 Å². The normalized spacial score (nSPS) is 12.3. The number of fused-ring (bicyclic) bond motifs is 1. The van der Waals surface area contributed by atoms with Crippen molar-refractivity contribution >= 4 is 10.8 Å². The quantitative estimate of drug-likeness (QED) is 0.457. The third-order valence-electron chi connectivity index (χ3n) is 5.01. The van der Waals surface area contributed by atoms with E-state index in [0.717, 1.165) is 13.0 Å². The third kappa shape index (κ3) is 4.27. The maximum atomic E-state index is 6.02. The molecular weight excluding hydrogens is 330 g/mol. The van der Waals surface area contributed by atoms with Crippen LogP contribution in [-0.2, 0) is 13.0 Å². The second kappa shape index (κ2) is 8.21. The first-order valence-corrected chi connectivity index (χ1v) is 9.45. The van der Waals surface area contributed by atoms with Crippen molar-refractivity contribution in [3.63, 3.8) is 0 Å². The molecule has 4 rings (SSSR count). The molecule has 0 aliphatic carbocycles. The zero-order chi connectivity index (χ0) is 18.5. The average molecular weight is 355 g/mol. The topological polar surface area (TPSA) is 53.8 Å². The smallest absolute Gasteiger partial charge is 0.0248 e. The molecule has 3 nitrogen and oxygen atoms in total. The predicted octanol–water partition coefficient (Wildman–Crippen LogP) is 4.49. The summed E-state index contributed by atoms with van der Waals surface area (Å²) in [5.41, 5.74) is 11.0. The van der Waals surface area contributed by atoms with Gasteiger partial charge < -0.3 is 16.0 Å². The Kier molecular flexibility index (Phi) is 5.33. The molecule has 0 aliphatic rings. The van der Waals surface area contributed by atoms with Gasteiger partial charge in [0.05, 0.1) is 0 Å². The lowest BCUT2D eigenvalue weighted by molar-refractivity contribution is 0.512. The molecule has 27 heavy (non-hydrogen) atoms. The molecule has 0 saturated carbocycles. The first kappa shape index (κ1) is 17.5. The van der Waals surface area contributed by atoms with E-state index in [1.54, 1.807) is 0 Å². The van der Waals surface area contributed by atoms with E-state index in [9.17, 15) is 0 Å². The van der Waals surface area contributed by atoms with Crippen LogP contribution in [0.25, 0.3) is 21.9 Å². The van der Waals surface area contributed by atoms with Gasteiger partial charge >= 0.3 is 0 Å². The largest absolute Gasteiger partial charge is 0.364 e. The molecule has 0 bridgehead atoms. The molecule has 0 aliphatic heterocycles. The summed E-state index contributed by atoms with van der Waals surface area (Å²) in [5, 5.41) is 6.15. The maximum absolute atomic E-state index is 6.02. The number of rotatable bonds is 7. The maximum Gasteiger partial charge on any atom is 0.0248 e. The van der Waals surface area contributed by atoms with Gasteiger partial charge in [0.2, 0.25) is 0 Å². The second-order valence-corrected chi connectivity index (χ2v) is 6.98. The zero-order valence-corrected chi connectivity index (χ0v) is 15.4. The van der Waals surface area contributed by atoms with Crippen LogP contribution in [0.15, 0.2) is 85.1 Å². The Morgan fingerprint density at radius 2 is 1.59 bits per heavy atom. The van der Waals surface area contributed by atoms with Gasteiger partial charge in [-0.15, -0.1) is 0 Å². The number of nitrogens with one attached hydrogen (secondary N) is 2. The van der Waals surface area contributed by atoms with Gasteiger partial charge in [0.25, 0.3) is 0 Å². The number of aromatic amines is 1. The number of aromatic nitrogens is 1. The summed E-state index contributed by atoms with van der Waals surface area (Å²) in [6.45, 7) is 1.42. The van der Waals surface area contributed by atoms with Crippen LogP contribution >= 0.6 is 0 Å². The number of benzene rings is 3. The highest BCUT2D eigenvalue weighted by Gasteiger charge is 2.10. The third-order valence-corrected chi connectivity index (χ3v) is 5.01. The van der Waals surface area contributed by atoms with Gasteiger partial charge in [0.1, 0.15) is 0 Å².